The highest BCUT2D eigenvalue weighted by atomic mass is 16.5. The normalized spacial score (nSPS) is 11.0. The fourth-order valence-corrected chi connectivity index (χ4v) is 2.59. The molecule has 0 saturated carbocycles. The smallest absolute Gasteiger partial charge is 0.125 e. The highest BCUT2D eigenvalue weighted by Crippen LogP contribution is 2.30. The summed E-state index contributed by atoms with van der Waals surface area (Å²) in [6.45, 7) is 5.46. The molecule has 0 aliphatic carbocycles. The highest BCUT2D eigenvalue weighted by molar-refractivity contribution is 5.89. The molecule has 0 spiro atoms. The lowest BCUT2D eigenvalue weighted by Gasteiger charge is -2.06. The van der Waals surface area contributed by atoms with E-state index in [0.29, 0.717) is 12.4 Å². The zero-order valence-electron chi connectivity index (χ0n) is 12.3. The Morgan fingerprint density at radius 3 is 2.57 bits per heavy atom. The van der Waals surface area contributed by atoms with Crippen molar-refractivity contribution in [1.82, 2.24) is 4.57 Å². The predicted molar refractivity (Wildman–Crippen MR) is 84.8 cm³/mol. The fraction of sp³-hybridized carbons (Fsp3) is 0.222. The molecule has 0 bridgehead atoms. The Hall–Kier alpha value is -2.42. The van der Waals surface area contributed by atoms with E-state index < -0.39 is 0 Å². The lowest BCUT2D eigenvalue weighted by atomic mass is 10.1. The average molecular weight is 281 g/mol. The maximum absolute atomic E-state index is 10.1. The van der Waals surface area contributed by atoms with Crippen molar-refractivity contribution in [2.75, 3.05) is 0 Å². The molecule has 0 amide bonds. The van der Waals surface area contributed by atoms with Gasteiger partial charge in [0.2, 0.25) is 0 Å². The summed E-state index contributed by atoms with van der Waals surface area (Å²) in [5.74, 6) is 1.15. The van der Waals surface area contributed by atoms with Crippen LogP contribution in [0, 0.1) is 6.92 Å². The van der Waals surface area contributed by atoms with Crippen molar-refractivity contribution in [1.29, 1.82) is 0 Å². The van der Waals surface area contributed by atoms with E-state index in [9.17, 15) is 5.11 Å². The minimum atomic E-state index is 0.308. The molecular weight excluding hydrogens is 262 g/mol. The van der Waals surface area contributed by atoms with Gasteiger partial charge in [-0.25, -0.2) is 0 Å². The lowest BCUT2D eigenvalue weighted by molar-refractivity contribution is 0.307. The molecule has 0 radical (unpaired) electrons. The number of phenols is 1. The second kappa shape index (κ2) is 5.52. The minimum Gasteiger partial charge on any atom is -0.507 e. The first-order chi connectivity index (χ1) is 10.2. The van der Waals surface area contributed by atoms with E-state index in [1.54, 1.807) is 6.07 Å². The SMILES string of the molecule is CCn1cc(COc2ccc(C)cc2)c2c(O)cccc21. The van der Waals surface area contributed by atoms with Crippen LogP contribution in [0.2, 0.25) is 0 Å². The van der Waals surface area contributed by atoms with Crippen molar-refractivity contribution in [3.05, 3.63) is 59.8 Å². The van der Waals surface area contributed by atoms with Crippen molar-refractivity contribution in [3.63, 3.8) is 0 Å². The summed E-state index contributed by atoms with van der Waals surface area (Å²) in [7, 11) is 0. The van der Waals surface area contributed by atoms with Crippen LogP contribution in [-0.4, -0.2) is 9.67 Å². The molecule has 3 nitrogen and oxygen atoms in total. The lowest BCUT2D eigenvalue weighted by Crippen LogP contribution is -1.95. The third kappa shape index (κ3) is 2.59. The number of benzene rings is 2. The highest BCUT2D eigenvalue weighted by Gasteiger charge is 2.11. The van der Waals surface area contributed by atoms with Crippen molar-refractivity contribution in [2.24, 2.45) is 0 Å². The number of fused-ring (bicyclic) bond motifs is 1. The summed E-state index contributed by atoms with van der Waals surface area (Å²) in [6.07, 6.45) is 2.05. The van der Waals surface area contributed by atoms with Crippen molar-refractivity contribution in [3.8, 4) is 11.5 Å². The second-order valence-corrected chi connectivity index (χ2v) is 5.21. The van der Waals surface area contributed by atoms with Gasteiger partial charge >= 0.3 is 0 Å². The van der Waals surface area contributed by atoms with Crippen LogP contribution in [0.25, 0.3) is 10.9 Å². The van der Waals surface area contributed by atoms with Crippen LogP contribution in [-0.2, 0) is 13.2 Å². The molecule has 0 fully saturated rings. The zero-order chi connectivity index (χ0) is 14.8. The van der Waals surface area contributed by atoms with Crippen molar-refractivity contribution in [2.45, 2.75) is 27.0 Å². The molecule has 3 heteroatoms. The van der Waals surface area contributed by atoms with Gasteiger partial charge in [0.25, 0.3) is 0 Å². The molecule has 21 heavy (non-hydrogen) atoms. The summed E-state index contributed by atoms with van der Waals surface area (Å²) in [4.78, 5) is 0. The van der Waals surface area contributed by atoms with E-state index >= 15 is 0 Å². The van der Waals surface area contributed by atoms with Crippen LogP contribution in [0.15, 0.2) is 48.7 Å². The molecule has 3 rings (SSSR count). The Bertz CT molecular complexity index is 757. The molecule has 1 heterocycles. The molecule has 1 aromatic heterocycles. The third-order valence-electron chi connectivity index (χ3n) is 3.72. The maximum Gasteiger partial charge on any atom is 0.125 e. The molecule has 0 aliphatic rings. The number of hydrogen-bond acceptors (Lipinski definition) is 2. The maximum atomic E-state index is 10.1. The van der Waals surface area contributed by atoms with Crippen LogP contribution in [0.3, 0.4) is 0 Å². The standard InChI is InChI=1S/C18H19NO2/c1-3-19-11-14(18-16(19)5-4-6-17(18)20)12-21-15-9-7-13(2)8-10-15/h4-11,20H,3,12H2,1-2H3. The second-order valence-electron chi connectivity index (χ2n) is 5.21. The summed E-state index contributed by atoms with van der Waals surface area (Å²) in [5, 5.41) is 11.0. The summed E-state index contributed by atoms with van der Waals surface area (Å²) < 4.78 is 7.97. The zero-order valence-corrected chi connectivity index (χ0v) is 12.3. The van der Waals surface area contributed by atoms with Gasteiger partial charge in [-0.05, 0) is 38.1 Å². The van der Waals surface area contributed by atoms with Crippen molar-refractivity contribution < 1.29 is 9.84 Å². The molecule has 0 atom stereocenters. The van der Waals surface area contributed by atoms with E-state index in [1.165, 1.54) is 5.56 Å². The van der Waals surface area contributed by atoms with Gasteiger partial charge in [-0.2, -0.15) is 0 Å². The molecule has 0 aliphatic heterocycles. The molecule has 108 valence electrons. The first-order valence-corrected chi connectivity index (χ1v) is 7.18. The number of aromatic nitrogens is 1. The first-order valence-electron chi connectivity index (χ1n) is 7.18. The predicted octanol–water partition coefficient (Wildman–Crippen LogP) is 4.25. The minimum absolute atomic E-state index is 0.308. The monoisotopic (exact) mass is 281 g/mol. The molecular formula is C18H19NO2. The Kier molecular flexibility index (Phi) is 3.57. The number of rotatable bonds is 4. The Morgan fingerprint density at radius 1 is 1.10 bits per heavy atom. The fourth-order valence-electron chi connectivity index (χ4n) is 2.59. The topological polar surface area (TPSA) is 34.4 Å². The first kappa shape index (κ1) is 13.6. The third-order valence-corrected chi connectivity index (χ3v) is 3.72. The molecule has 0 saturated heterocycles. The summed E-state index contributed by atoms with van der Waals surface area (Å²) >= 11 is 0. The summed E-state index contributed by atoms with van der Waals surface area (Å²) in [5.41, 5.74) is 3.26. The average Bonchev–Trinajstić information content (AvgIpc) is 2.86. The number of nitrogens with zero attached hydrogens (tertiary/aromatic N) is 1. The number of aryl methyl sites for hydroxylation is 2. The largest absolute Gasteiger partial charge is 0.507 e. The van der Waals surface area contributed by atoms with Gasteiger partial charge in [-0.3, -0.25) is 0 Å². The quantitative estimate of drug-likeness (QED) is 0.775. The van der Waals surface area contributed by atoms with E-state index in [2.05, 4.69) is 24.6 Å². The van der Waals surface area contributed by atoms with Crippen LogP contribution < -0.4 is 4.74 Å². The van der Waals surface area contributed by atoms with Gasteiger partial charge in [0.15, 0.2) is 0 Å². The number of ether oxygens (including phenoxy) is 1. The Labute approximate surface area is 124 Å². The molecule has 1 N–H and O–H groups in total. The van der Waals surface area contributed by atoms with Crippen molar-refractivity contribution >= 4 is 10.9 Å². The van der Waals surface area contributed by atoms with E-state index in [0.717, 1.165) is 28.8 Å². The molecule has 0 unspecified atom stereocenters. The van der Waals surface area contributed by atoms with Gasteiger partial charge in [0, 0.05) is 23.7 Å². The Morgan fingerprint density at radius 2 is 1.86 bits per heavy atom. The van der Waals surface area contributed by atoms with Crippen LogP contribution in [0.5, 0.6) is 11.5 Å². The van der Waals surface area contributed by atoms with E-state index in [4.69, 9.17) is 4.74 Å². The number of hydrogen-bond donors (Lipinski definition) is 1. The van der Waals surface area contributed by atoms with Gasteiger partial charge in [0.05, 0.1) is 5.52 Å². The van der Waals surface area contributed by atoms with Crippen LogP contribution >= 0.6 is 0 Å². The van der Waals surface area contributed by atoms with Gasteiger partial charge < -0.3 is 14.4 Å². The van der Waals surface area contributed by atoms with Gasteiger partial charge in [0.1, 0.15) is 18.1 Å². The van der Waals surface area contributed by atoms with Crippen LogP contribution in [0.1, 0.15) is 18.1 Å². The molecule has 3 aromatic rings. The van der Waals surface area contributed by atoms with Gasteiger partial charge in [-0.1, -0.05) is 23.8 Å². The van der Waals surface area contributed by atoms with Crippen LogP contribution in [0.4, 0.5) is 0 Å². The number of aromatic hydroxyl groups is 1. The summed E-state index contributed by atoms with van der Waals surface area (Å²) in [6, 6.07) is 13.6. The Balaban J connectivity index is 1.91. The van der Waals surface area contributed by atoms with E-state index in [1.807, 2.05) is 36.4 Å². The molecule has 2 aromatic carbocycles. The van der Waals surface area contributed by atoms with E-state index in [-0.39, 0.29) is 0 Å². The number of phenolic OH excluding ortho intramolecular Hbond substituents is 1. The van der Waals surface area contributed by atoms with Gasteiger partial charge in [-0.15, -0.1) is 0 Å².